The van der Waals surface area contributed by atoms with Gasteiger partial charge in [-0.05, 0) is 64.9 Å². The molecular weight excluding hydrogens is 454 g/mol. The van der Waals surface area contributed by atoms with Crippen molar-refractivity contribution in [1.82, 2.24) is 9.97 Å². The van der Waals surface area contributed by atoms with Gasteiger partial charge >= 0.3 is 5.97 Å². The molecule has 198 valence electrons. The lowest BCUT2D eigenvalue weighted by atomic mass is 9.82. The normalized spacial score (nSPS) is 16.8. The van der Waals surface area contributed by atoms with Crippen LogP contribution in [0.25, 0.3) is 11.1 Å². The molecule has 1 fully saturated rings. The Kier molecular flexibility index (Phi) is 8.33. The maximum atomic E-state index is 12.6. The van der Waals surface area contributed by atoms with Gasteiger partial charge in [0, 0.05) is 53.4 Å². The third-order valence-corrected chi connectivity index (χ3v) is 6.59. The first-order chi connectivity index (χ1) is 16.7. The van der Waals surface area contributed by atoms with Crippen LogP contribution in [0.5, 0.6) is 5.88 Å². The average molecular weight is 498 g/mol. The summed E-state index contributed by atoms with van der Waals surface area (Å²) in [5.41, 5.74) is 4.39. The number of nitrogens with zero attached hydrogens (tertiary/aromatic N) is 3. The fourth-order valence-electron chi connectivity index (χ4n) is 4.54. The second-order valence-corrected chi connectivity index (χ2v) is 12.1. The van der Waals surface area contributed by atoms with E-state index in [0.717, 1.165) is 48.4 Å². The number of carbonyl (C=O) groups is 1. The first kappa shape index (κ1) is 27.9. The third kappa shape index (κ3) is 6.75. The van der Waals surface area contributed by atoms with Gasteiger partial charge in [0.25, 0.3) is 0 Å². The molecule has 1 saturated heterocycles. The molecule has 0 aliphatic carbocycles. The van der Waals surface area contributed by atoms with Gasteiger partial charge in [0.1, 0.15) is 0 Å². The van der Waals surface area contributed by atoms with Crippen molar-refractivity contribution in [2.45, 2.75) is 86.9 Å². The molecule has 0 aromatic carbocycles. The van der Waals surface area contributed by atoms with Crippen molar-refractivity contribution in [2.24, 2.45) is 11.3 Å². The molecule has 7 nitrogen and oxygen atoms in total. The summed E-state index contributed by atoms with van der Waals surface area (Å²) in [7, 11) is 0. The largest absolute Gasteiger partial charge is 0.479 e. The number of aromatic nitrogens is 2. The molecule has 1 N–H and O–H groups in total. The van der Waals surface area contributed by atoms with Crippen molar-refractivity contribution in [3.05, 3.63) is 35.3 Å². The van der Waals surface area contributed by atoms with Crippen LogP contribution in [0.3, 0.4) is 0 Å². The minimum atomic E-state index is -1.13. The summed E-state index contributed by atoms with van der Waals surface area (Å²) < 4.78 is 12.0. The van der Waals surface area contributed by atoms with Gasteiger partial charge in [0.2, 0.25) is 5.88 Å². The van der Waals surface area contributed by atoms with E-state index in [0.29, 0.717) is 29.7 Å². The number of aliphatic carboxylic acids is 1. The topological polar surface area (TPSA) is 84.8 Å². The molecule has 0 radical (unpaired) electrons. The summed E-state index contributed by atoms with van der Waals surface area (Å²) in [5, 5.41) is 10.3. The van der Waals surface area contributed by atoms with E-state index in [-0.39, 0.29) is 5.41 Å². The molecule has 2 aromatic rings. The Balaban J connectivity index is 2.19. The average Bonchev–Trinajstić information content (AvgIpc) is 2.76. The number of aryl methyl sites for hydroxylation is 2. The van der Waals surface area contributed by atoms with E-state index in [1.54, 1.807) is 0 Å². The van der Waals surface area contributed by atoms with Crippen molar-refractivity contribution >= 4 is 11.7 Å². The van der Waals surface area contributed by atoms with Crippen LogP contribution >= 0.6 is 0 Å². The smallest absolute Gasteiger partial charge is 0.337 e. The van der Waals surface area contributed by atoms with Gasteiger partial charge in [-0.2, -0.15) is 0 Å². The highest BCUT2D eigenvalue weighted by atomic mass is 16.5. The molecule has 0 saturated carbocycles. The van der Waals surface area contributed by atoms with Crippen LogP contribution in [0.1, 0.15) is 84.4 Å². The first-order valence-electron chi connectivity index (χ1n) is 12.9. The predicted octanol–water partition coefficient (Wildman–Crippen LogP) is 6.36. The highest BCUT2D eigenvalue weighted by Gasteiger charge is 2.36. The summed E-state index contributed by atoms with van der Waals surface area (Å²) in [6, 6.07) is 3.89. The van der Waals surface area contributed by atoms with Crippen LogP contribution in [0.15, 0.2) is 18.3 Å². The molecule has 1 aliphatic heterocycles. The Morgan fingerprint density at radius 1 is 1.11 bits per heavy atom. The van der Waals surface area contributed by atoms with Crippen LogP contribution in [0.4, 0.5) is 5.69 Å². The van der Waals surface area contributed by atoms with Crippen molar-refractivity contribution in [1.29, 1.82) is 0 Å². The fourth-order valence-corrected chi connectivity index (χ4v) is 4.54. The quantitative estimate of drug-likeness (QED) is 0.454. The standard InChI is InChI=1S/C29H43N3O4/c1-18(2)17-35-23-11-10-21(19(3)31-23)22-16-30-20(4)24(26(27(33)34)36-28(5,6)7)25(22)32-14-12-29(8,9)13-15-32/h10-11,16,18,26H,12-15,17H2,1-9H3,(H,33,34)/t26-/m0/s1. The van der Waals surface area contributed by atoms with Crippen LogP contribution in [-0.2, 0) is 9.53 Å². The zero-order chi connectivity index (χ0) is 26.8. The van der Waals surface area contributed by atoms with Gasteiger partial charge in [0.15, 0.2) is 6.10 Å². The first-order valence-corrected chi connectivity index (χ1v) is 12.9. The van der Waals surface area contributed by atoms with Crippen molar-refractivity contribution < 1.29 is 19.4 Å². The molecule has 1 atom stereocenters. The molecule has 0 unspecified atom stereocenters. The maximum Gasteiger partial charge on any atom is 0.337 e. The summed E-state index contributed by atoms with van der Waals surface area (Å²) in [6.45, 7) is 20.5. The number of anilines is 1. The summed E-state index contributed by atoms with van der Waals surface area (Å²) in [4.78, 5) is 24.2. The van der Waals surface area contributed by atoms with Gasteiger partial charge in [-0.1, -0.05) is 27.7 Å². The van der Waals surface area contributed by atoms with Crippen LogP contribution in [0.2, 0.25) is 0 Å². The van der Waals surface area contributed by atoms with E-state index in [2.05, 4.69) is 37.6 Å². The molecule has 3 rings (SSSR count). The lowest BCUT2D eigenvalue weighted by Crippen LogP contribution is -2.39. The van der Waals surface area contributed by atoms with Gasteiger partial charge in [-0.15, -0.1) is 0 Å². The molecule has 7 heteroatoms. The number of rotatable bonds is 8. The number of piperidine rings is 1. The Bertz CT molecular complexity index is 1080. The van der Waals surface area contributed by atoms with Crippen LogP contribution < -0.4 is 9.64 Å². The second-order valence-electron chi connectivity index (χ2n) is 12.1. The van der Waals surface area contributed by atoms with E-state index < -0.39 is 17.7 Å². The van der Waals surface area contributed by atoms with Gasteiger partial charge in [0.05, 0.1) is 17.9 Å². The van der Waals surface area contributed by atoms with Gasteiger partial charge < -0.3 is 19.5 Å². The van der Waals surface area contributed by atoms with E-state index in [1.165, 1.54) is 0 Å². The molecule has 36 heavy (non-hydrogen) atoms. The van der Waals surface area contributed by atoms with Crippen molar-refractivity contribution in [2.75, 3.05) is 24.6 Å². The Hall–Kier alpha value is -2.67. The van der Waals surface area contributed by atoms with E-state index in [4.69, 9.17) is 14.5 Å². The zero-order valence-electron chi connectivity index (χ0n) is 23.4. The summed E-state index contributed by atoms with van der Waals surface area (Å²) in [6.07, 6.45) is 2.75. The Labute approximate surface area is 216 Å². The van der Waals surface area contributed by atoms with Crippen LogP contribution in [0, 0.1) is 25.2 Å². The number of hydrogen-bond donors (Lipinski definition) is 1. The van der Waals surface area contributed by atoms with Gasteiger partial charge in [-0.25, -0.2) is 9.78 Å². The molecular formula is C29H43N3O4. The predicted molar refractivity (Wildman–Crippen MR) is 144 cm³/mol. The second kappa shape index (κ2) is 10.8. The molecule has 1 aliphatic rings. The molecule has 0 bridgehead atoms. The van der Waals surface area contributed by atoms with E-state index in [1.807, 2.05) is 52.9 Å². The molecule has 3 heterocycles. The number of hydrogen-bond acceptors (Lipinski definition) is 6. The monoisotopic (exact) mass is 497 g/mol. The zero-order valence-corrected chi connectivity index (χ0v) is 23.4. The SMILES string of the molecule is Cc1nc(OCC(C)C)ccc1-c1cnc(C)c([C@H](OC(C)(C)C)C(=O)O)c1N1CCC(C)(C)CC1. The van der Waals surface area contributed by atoms with Crippen LogP contribution in [-0.4, -0.2) is 46.3 Å². The number of carboxylic acids is 1. The molecule has 2 aromatic heterocycles. The minimum absolute atomic E-state index is 0.250. The minimum Gasteiger partial charge on any atom is -0.479 e. The maximum absolute atomic E-state index is 12.6. The Morgan fingerprint density at radius 2 is 1.75 bits per heavy atom. The Morgan fingerprint density at radius 3 is 2.28 bits per heavy atom. The van der Waals surface area contributed by atoms with Gasteiger partial charge in [-0.3, -0.25) is 4.98 Å². The highest BCUT2D eigenvalue weighted by molar-refractivity contribution is 5.87. The lowest BCUT2D eigenvalue weighted by molar-refractivity contribution is -0.160. The van der Waals surface area contributed by atoms with E-state index in [9.17, 15) is 9.90 Å². The number of ether oxygens (including phenoxy) is 2. The van der Waals surface area contributed by atoms with E-state index >= 15 is 0 Å². The summed E-state index contributed by atoms with van der Waals surface area (Å²) in [5.74, 6) is -0.0230. The third-order valence-electron chi connectivity index (χ3n) is 6.59. The number of pyridine rings is 2. The number of carboxylic acid groups (broad SMARTS) is 1. The van der Waals surface area contributed by atoms with Crippen molar-refractivity contribution in [3.63, 3.8) is 0 Å². The lowest BCUT2D eigenvalue weighted by Gasteiger charge is -2.41. The molecule has 0 spiro atoms. The summed E-state index contributed by atoms with van der Waals surface area (Å²) >= 11 is 0. The highest BCUT2D eigenvalue weighted by Crippen LogP contribution is 2.44. The van der Waals surface area contributed by atoms with Crippen molar-refractivity contribution in [3.8, 4) is 17.0 Å². The molecule has 0 amide bonds. The fraction of sp³-hybridized carbons (Fsp3) is 0.621.